The van der Waals surface area contributed by atoms with E-state index in [2.05, 4.69) is 13.2 Å². The molecule has 6 nitrogen and oxygen atoms in total. The number of rotatable bonds is 6. The molecule has 0 heterocycles. The summed E-state index contributed by atoms with van der Waals surface area (Å²) in [6.07, 6.45) is 3.36. The number of hydrogen-bond acceptors (Lipinski definition) is 4. The minimum Gasteiger partial charge on any atom is -0.508 e. The maximum Gasteiger partial charge on any atom is 0.331 e. The van der Waals surface area contributed by atoms with E-state index in [0.717, 1.165) is 0 Å². The van der Waals surface area contributed by atoms with Crippen LogP contribution in [0.3, 0.4) is 0 Å². The Balaban J connectivity index is 2.99. The topological polar surface area (TPSA) is 115 Å². The lowest BCUT2D eigenvalue weighted by atomic mass is 9.76. The van der Waals surface area contributed by atoms with E-state index < -0.39 is 23.5 Å². The second kappa shape index (κ2) is 5.75. The Hall–Kier alpha value is -2.34. The second-order valence-corrected chi connectivity index (χ2v) is 4.72. The summed E-state index contributed by atoms with van der Waals surface area (Å²) >= 11 is 0. The summed E-state index contributed by atoms with van der Waals surface area (Å²) in [4.78, 5) is 21.6. The first-order chi connectivity index (χ1) is 9.15. The number of carboxylic acid groups (broad SMARTS) is 2. The Bertz CT molecular complexity index is 528. The third-order valence-electron chi connectivity index (χ3n) is 3.12. The summed E-state index contributed by atoms with van der Waals surface area (Å²) < 4.78 is 0. The highest BCUT2D eigenvalue weighted by molar-refractivity contribution is 5.86. The van der Waals surface area contributed by atoms with Gasteiger partial charge in [-0.1, -0.05) is 13.2 Å². The summed E-state index contributed by atoms with van der Waals surface area (Å²) in [6.45, 7) is 6.71. The molecule has 1 aliphatic carbocycles. The van der Waals surface area contributed by atoms with Gasteiger partial charge in [-0.15, -0.1) is 0 Å². The number of allylic oxidation sites excluding steroid dienone is 1. The second-order valence-electron chi connectivity index (χ2n) is 4.72. The lowest BCUT2D eigenvalue weighted by Crippen LogP contribution is -2.38. The zero-order valence-electron chi connectivity index (χ0n) is 10.7. The molecule has 0 saturated carbocycles. The quantitative estimate of drug-likeness (QED) is 0.547. The minimum absolute atomic E-state index is 0.118. The van der Waals surface area contributed by atoms with Gasteiger partial charge in [-0.3, -0.25) is 0 Å². The molecule has 0 bridgehead atoms. The lowest BCUT2D eigenvalue weighted by Gasteiger charge is -2.34. The Kier molecular flexibility index (Phi) is 4.52. The van der Waals surface area contributed by atoms with Crippen molar-refractivity contribution in [2.75, 3.05) is 0 Å². The summed E-state index contributed by atoms with van der Waals surface area (Å²) in [6, 6.07) is 0. The number of carboxylic acids is 2. The molecule has 1 rings (SSSR count). The van der Waals surface area contributed by atoms with E-state index in [1.807, 2.05) is 0 Å². The van der Waals surface area contributed by atoms with E-state index in [1.165, 1.54) is 18.2 Å². The number of aliphatic carboxylic acids is 2. The molecule has 0 aromatic rings. The average molecular weight is 280 g/mol. The molecule has 0 fully saturated rings. The van der Waals surface area contributed by atoms with Gasteiger partial charge in [-0.2, -0.15) is 0 Å². The highest BCUT2D eigenvalue weighted by atomic mass is 16.4. The first-order valence-electron chi connectivity index (χ1n) is 5.80. The summed E-state index contributed by atoms with van der Waals surface area (Å²) in [5, 5.41) is 37.6. The molecule has 20 heavy (non-hydrogen) atoms. The molecule has 0 radical (unpaired) electrons. The predicted molar refractivity (Wildman–Crippen MR) is 71.1 cm³/mol. The van der Waals surface area contributed by atoms with E-state index in [9.17, 15) is 19.8 Å². The van der Waals surface area contributed by atoms with Gasteiger partial charge >= 0.3 is 11.9 Å². The molecule has 0 aromatic carbocycles. The van der Waals surface area contributed by atoms with Crippen molar-refractivity contribution in [3.8, 4) is 0 Å². The average Bonchev–Trinajstić information content (AvgIpc) is 2.33. The fourth-order valence-corrected chi connectivity index (χ4v) is 1.96. The van der Waals surface area contributed by atoms with Gasteiger partial charge in [-0.25, -0.2) is 9.59 Å². The zero-order chi connectivity index (χ0) is 15.5. The van der Waals surface area contributed by atoms with E-state index in [0.29, 0.717) is 0 Å². The standard InChI is InChI=1S/C14H16O6/c1-8(12(16)17)5-10-6-11(15)3-4-14(10,20)7-9(2)13(18)19/h3-4,6,10,15,20H,1-2,5,7H2,(H,16,17)(H,18,19). The number of hydrogen-bond donors (Lipinski definition) is 4. The Morgan fingerprint density at radius 2 is 1.75 bits per heavy atom. The zero-order valence-corrected chi connectivity index (χ0v) is 10.7. The minimum atomic E-state index is -1.62. The van der Waals surface area contributed by atoms with Crippen LogP contribution in [0.5, 0.6) is 0 Å². The van der Waals surface area contributed by atoms with Crippen molar-refractivity contribution in [2.24, 2.45) is 5.92 Å². The Morgan fingerprint density at radius 3 is 2.25 bits per heavy atom. The highest BCUT2D eigenvalue weighted by Crippen LogP contribution is 2.35. The molecule has 0 aromatic heterocycles. The normalized spacial score (nSPS) is 24.9. The largest absolute Gasteiger partial charge is 0.508 e. The van der Waals surface area contributed by atoms with E-state index in [1.54, 1.807) is 0 Å². The SMILES string of the molecule is C=C(CC1C=C(O)C=CC1(O)CC(=C)C(=O)O)C(=O)O. The van der Waals surface area contributed by atoms with Crippen LogP contribution < -0.4 is 0 Å². The first kappa shape index (κ1) is 15.7. The molecule has 2 atom stereocenters. The third kappa shape index (κ3) is 3.58. The molecule has 2 unspecified atom stereocenters. The van der Waals surface area contributed by atoms with E-state index >= 15 is 0 Å². The van der Waals surface area contributed by atoms with E-state index in [4.69, 9.17) is 10.2 Å². The van der Waals surface area contributed by atoms with Crippen LogP contribution in [0.25, 0.3) is 0 Å². The Labute approximate surface area is 115 Å². The van der Waals surface area contributed by atoms with Crippen LogP contribution in [-0.2, 0) is 9.59 Å². The maximum atomic E-state index is 10.8. The van der Waals surface area contributed by atoms with Gasteiger partial charge in [-0.05, 0) is 24.6 Å². The van der Waals surface area contributed by atoms with Crippen molar-refractivity contribution in [3.63, 3.8) is 0 Å². The van der Waals surface area contributed by atoms with Crippen molar-refractivity contribution in [1.29, 1.82) is 0 Å². The van der Waals surface area contributed by atoms with Crippen LogP contribution in [-0.4, -0.2) is 38.0 Å². The van der Waals surface area contributed by atoms with Gasteiger partial charge in [0.2, 0.25) is 0 Å². The number of aliphatic hydroxyl groups is 2. The molecule has 0 amide bonds. The molecule has 108 valence electrons. The Morgan fingerprint density at radius 1 is 1.20 bits per heavy atom. The number of aliphatic hydroxyl groups excluding tert-OH is 1. The van der Waals surface area contributed by atoms with Crippen LogP contribution in [0.1, 0.15) is 12.8 Å². The molecular formula is C14H16O6. The van der Waals surface area contributed by atoms with Crippen molar-refractivity contribution < 1.29 is 30.0 Å². The van der Waals surface area contributed by atoms with E-state index in [-0.39, 0.29) is 29.7 Å². The fraction of sp³-hybridized carbons (Fsp3) is 0.286. The van der Waals surface area contributed by atoms with Crippen molar-refractivity contribution in [2.45, 2.75) is 18.4 Å². The maximum absolute atomic E-state index is 10.8. The van der Waals surface area contributed by atoms with Crippen LogP contribution in [0.15, 0.2) is 48.3 Å². The van der Waals surface area contributed by atoms with Crippen LogP contribution in [0.2, 0.25) is 0 Å². The predicted octanol–water partition coefficient (Wildman–Crippen LogP) is 1.41. The molecular weight excluding hydrogens is 264 g/mol. The third-order valence-corrected chi connectivity index (χ3v) is 3.12. The van der Waals surface area contributed by atoms with Gasteiger partial charge in [0, 0.05) is 23.5 Å². The van der Waals surface area contributed by atoms with Crippen molar-refractivity contribution in [1.82, 2.24) is 0 Å². The van der Waals surface area contributed by atoms with Crippen LogP contribution in [0.4, 0.5) is 0 Å². The molecule has 0 saturated heterocycles. The van der Waals surface area contributed by atoms with Gasteiger partial charge < -0.3 is 20.4 Å². The number of carbonyl (C=O) groups is 2. The van der Waals surface area contributed by atoms with Gasteiger partial charge in [0.05, 0.1) is 5.60 Å². The summed E-state index contributed by atoms with van der Waals surface area (Å²) in [5.74, 6) is -3.39. The summed E-state index contributed by atoms with van der Waals surface area (Å²) in [7, 11) is 0. The molecule has 6 heteroatoms. The lowest BCUT2D eigenvalue weighted by molar-refractivity contribution is -0.134. The highest BCUT2D eigenvalue weighted by Gasteiger charge is 2.37. The molecule has 4 N–H and O–H groups in total. The monoisotopic (exact) mass is 280 g/mol. The van der Waals surface area contributed by atoms with Gasteiger partial charge in [0.15, 0.2) is 0 Å². The molecule has 1 aliphatic rings. The smallest absolute Gasteiger partial charge is 0.331 e. The molecule has 0 spiro atoms. The van der Waals surface area contributed by atoms with Crippen LogP contribution >= 0.6 is 0 Å². The van der Waals surface area contributed by atoms with Gasteiger partial charge in [0.25, 0.3) is 0 Å². The van der Waals surface area contributed by atoms with Crippen molar-refractivity contribution in [3.05, 3.63) is 48.3 Å². The fourth-order valence-electron chi connectivity index (χ4n) is 1.96. The van der Waals surface area contributed by atoms with Gasteiger partial charge in [0.1, 0.15) is 5.76 Å². The first-order valence-corrected chi connectivity index (χ1v) is 5.80. The van der Waals surface area contributed by atoms with Crippen molar-refractivity contribution >= 4 is 11.9 Å². The molecule has 0 aliphatic heterocycles. The van der Waals surface area contributed by atoms with Crippen LogP contribution in [0, 0.1) is 5.92 Å². The summed E-state index contributed by atoms with van der Waals surface area (Å²) in [5.41, 5.74) is -1.98.